The first-order chi connectivity index (χ1) is 20.6. The van der Waals surface area contributed by atoms with Crippen LogP contribution in [0.25, 0.3) is 0 Å². The van der Waals surface area contributed by atoms with Gasteiger partial charge >= 0.3 is 0 Å². The first-order valence-electron chi connectivity index (χ1n) is 16.4. The average Bonchev–Trinajstić information content (AvgIpc) is 3.02. The lowest BCUT2D eigenvalue weighted by Gasteiger charge is -2.35. The SMILES string of the molecule is CCCCCCCCCC(=O)Nc1ccc(N2CCC(Cc3ccccc3)CC2)c(C(=O)NCCN2CCOCC2)c1. The van der Waals surface area contributed by atoms with Gasteiger partial charge in [0.15, 0.2) is 0 Å². The van der Waals surface area contributed by atoms with E-state index in [1.807, 2.05) is 18.2 Å². The van der Waals surface area contributed by atoms with Gasteiger partial charge < -0.3 is 20.3 Å². The molecule has 0 bridgehead atoms. The van der Waals surface area contributed by atoms with E-state index in [0.29, 0.717) is 30.1 Å². The summed E-state index contributed by atoms with van der Waals surface area (Å²) in [5.41, 5.74) is 3.70. The molecular formula is C35H52N4O3. The second-order valence-electron chi connectivity index (χ2n) is 12.0. The van der Waals surface area contributed by atoms with Gasteiger partial charge in [0.05, 0.1) is 18.8 Å². The molecule has 0 unspecified atom stereocenters. The van der Waals surface area contributed by atoms with E-state index < -0.39 is 0 Å². The van der Waals surface area contributed by atoms with Crippen molar-refractivity contribution in [2.24, 2.45) is 5.92 Å². The van der Waals surface area contributed by atoms with Gasteiger partial charge in [0.1, 0.15) is 0 Å². The molecule has 4 rings (SSSR count). The molecule has 0 saturated carbocycles. The molecule has 2 aromatic rings. The van der Waals surface area contributed by atoms with Crippen molar-refractivity contribution in [1.82, 2.24) is 10.2 Å². The lowest BCUT2D eigenvalue weighted by Crippen LogP contribution is -2.41. The van der Waals surface area contributed by atoms with E-state index in [-0.39, 0.29) is 11.8 Å². The second-order valence-corrected chi connectivity index (χ2v) is 12.0. The predicted octanol–water partition coefficient (Wildman–Crippen LogP) is 6.29. The minimum atomic E-state index is -0.0761. The largest absolute Gasteiger partial charge is 0.379 e. The maximum Gasteiger partial charge on any atom is 0.253 e. The van der Waals surface area contributed by atoms with Gasteiger partial charge in [0.2, 0.25) is 5.91 Å². The molecule has 0 aromatic heterocycles. The Bertz CT molecular complexity index is 1080. The van der Waals surface area contributed by atoms with Crippen LogP contribution in [0.5, 0.6) is 0 Å². The van der Waals surface area contributed by atoms with Gasteiger partial charge in [-0.3, -0.25) is 14.5 Å². The summed E-state index contributed by atoms with van der Waals surface area (Å²) in [6.45, 7) is 8.78. The molecule has 0 radical (unpaired) electrons. The van der Waals surface area contributed by atoms with Crippen molar-refractivity contribution < 1.29 is 14.3 Å². The number of anilines is 2. The highest BCUT2D eigenvalue weighted by Crippen LogP contribution is 2.30. The number of carbonyl (C=O) groups is 2. The van der Waals surface area contributed by atoms with E-state index in [1.54, 1.807) is 0 Å². The van der Waals surface area contributed by atoms with Crippen molar-refractivity contribution in [3.8, 4) is 0 Å². The van der Waals surface area contributed by atoms with E-state index in [2.05, 4.69) is 57.7 Å². The predicted molar refractivity (Wildman–Crippen MR) is 172 cm³/mol. The molecule has 2 aliphatic heterocycles. The van der Waals surface area contributed by atoms with Crippen LogP contribution in [-0.2, 0) is 16.0 Å². The zero-order valence-electron chi connectivity index (χ0n) is 25.8. The van der Waals surface area contributed by atoms with Crippen LogP contribution in [0.3, 0.4) is 0 Å². The van der Waals surface area contributed by atoms with E-state index in [0.717, 1.165) is 83.7 Å². The fourth-order valence-corrected chi connectivity index (χ4v) is 6.11. The first kappa shape index (κ1) is 32.0. The van der Waals surface area contributed by atoms with Crippen molar-refractivity contribution in [3.05, 3.63) is 59.7 Å². The van der Waals surface area contributed by atoms with Gasteiger partial charge in [0.25, 0.3) is 5.91 Å². The number of nitrogens with one attached hydrogen (secondary N) is 2. The molecule has 7 nitrogen and oxygen atoms in total. The number of amides is 2. The monoisotopic (exact) mass is 576 g/mol. The van der Waals surface area contributed by atoms with Crippen LogP contribution in [0, 0.1) is 5.92 Å². The Balaban J connectivity index is 1.34. The number of morpholine rings is 1. The lowest BCUT2D eigenvalue weighted by atomic mass is 9.89. The van der Waals surface area contributed by atoms with E-state index >= 15 is 0 Å². The topological polar surface area (TPSA) is 73.9 Å². The summed E-state index contributed by atoms with van der Waals surface area (Å²) >= 11 is 0. The summed E-state index contributed by atoms with van der Waals surface area (Å²) in [6.07, 6.45) is 12.1. The number of hydrogen-bond donors (Lipinski definition) is 2. The van der Waals surface area contributed by atoms with Gasteiger partial charge in [-0.05, 0) is 55.4 Å². The third-order valence-corrected chi connectivity index (χ3v) is 8.67. The molecule has 2 amide bonds. The molecule has 0 spiro atoms. The van der Waals surface area contributed by atoms with Gasteiger partial charge in [-0.15, -0.1) is 0 Å². The molecule has 230 valence electrons. The average molecular weight is 577 g/mol. The molecule has 2 saturated heterocycles. The Morgan fingerprint density at radius 1 is 0.881 bits per heavy atom. The number of benzene rings is 2. The number of rotatable bonds is 16. The molecule has 2 aliphatic rings. The molecule has 0 aliphatic carbocycles. The zero-order chi connectivity index (χ0) is 29.4. The number of carbonyl (C=O) groups excluding carboxylic acids is 2. The lowest BCUT2D eigenvalue weighted by molar-refractivity contribution is -0.116. The zero-order valence-corrected chi connectivity index (χ0v) is 25.8. The molecule has 2 heterocycles. The van der Waals surface area contributed by atoms with Crippen LogP contribution in [0.2, 0.25) is 0 Å². The number of unbranched alkanes of at least 4 members (excludes halogenated alkanes) is 6. The minimum absolute atomic E-state index is 0.0247. The normalized spacial score (nSPS) is 16.4. The standard InChI is InChI=1S/C35H52N4O3/c1-2-3-4-5-6-7-11-14-34(40)37-31-15-16-33(32(28-31)35(41)36-19-22-38-23-25-42-26-24-38)39-20-17-30(18-21-39)27-29-12-9-8-10-13-29/h8-10,12-13,15-16,28,30H,2-7,11,14,17-27H2,1H3,(H,36,41)(H,37,40). The summed E-state index contributed by atoms with van der Waals surface area (Å²) in [5, 5.41) is 6.21. The smallest absolute Gasteiger partial charge is 0.253 e. The molecule has 2 aromatic carbocycles. The third-order valence-electron chi connectivity index (χ3n) is 8.67. The fourth-order valence-electron chi connectivity index (χ4n) is 6.11. The molecule has 2 N–H and O–H groups in total. The number of hydrogen-bond acceptors (Lipinski definition) is 5. The highest BCUT2D eigenvalue weighted by atomic mass is 16.5. The Kier molecular flexibility index (Phi) is 13.7. The number of ether oxygens (including phenoxy) is 1. The quantitative estimate of drug-likeness (QED) is 0.230. The van der Waals surface area contributed by atoms with Crippen molar-refractivity contribution in [3.63, 3.8) is 0 Å². The summed E-state index contributed by atoms with van der Waals surface area (Å²) in [7, 11) is 0. The van der Waals surface area contributed by atoms with E-state index in [9.17, 15) is 9.59 Å². The van der Waals surface area contributed by atoms with Gasteiger partial charge in [-0.1, -0.05) is 75.8 Å². The van der Waals surface area contributed by atoms with Gasteiger partial charge in [0, 0.05) is 57.1 Å². The summed E-state index contributed by atoms with van der Waals surface area (Å²) in [5.74, 6) is 0.601. The Labute approximate surface area is 253 Å². The molecule has 42 heavy (non-hydrogen) atoms. The third kappa shape index (κ3) is 10.7. The molecule has 0 atom stereocenters. The van der Waals surface area contributed by atoms with Crippen LogP contribution in [0.1, 0.15) is 87.1 Å². The van der Waals surface area contributed by atoms with Crippen LogP contribution in [-0.4, -0.2) is 69.2 Å². The van der Waals surface area contributed by atoms with Gasteiger partial charge in [-0.25, -0.2) is 0 Å². The van der Waals surface area contributed by atoms with E-state index in [4.69, 9.17) is 4.74 Å². The first-order valence-corrected chi connectivity index (χ1v) is 16.4. The van der Waals surface area contributed by atoms with Crippen molar-refractivity contribution in [2.75, 3.05) is 62.7 Å². The molecule has 7 heteroatoms. The number of nitrogens with zero attached hydrogens (tertiary/aromatic N) is 2. The van der Waals surface area contributed by atoms with Crippen LogP contribution >= 0.6 is 0 Å². The maximum absolute atomic E-state index is 13.5. The van der Waals surface area contributed by atoms with Crippen molar-refractivity contribution >= 4 is 23.2 Å². The van der Waals surface area contributed by atoms with Crippen LogP contribution in [0.4, 0.5) is 11.4 Å². The van der Waals surface area contributed by atoms with Crippen molar-refractivity contribution in [2.45, 2.75) is 77.6 Å². The van der Waals surface area contributed by atoms with Gasteiger partial charge in [-0.2, -0.15) is 0 Å². The Hall–Kier alpha value is -2.90. The summed E-state index contributed by atoms with van der Waals surface area (Å²) in [6, 6.07) is 16.6. The fraction of sp³-hybridized carbons (Fsp3) is 0.600. The Morgan fingerprint density at radius 3 is 2.33 bits per heavy atom. The Morgan fingerprint density at radius 2 is 1.60 bits per heavy atom. The summed E-state index contributed by atoms with van der Waals surface area (Å²) < 4.78 is 5.45. The molecule has 2 fully saturated rings. The summed E-state index contributed by atoms with van der Waals surface area (Å²) in [4.78, 5) is 30.9. The van der Waals surface area contributed by atoms with Crippen molar-refractivity contribution in [1.29, 1.82) is 0 Å². The van der Waals surface area contributed by atoms with Crippen LogP contribution in [0.15, 0.2) is 48.5 Å². The number of piperidine rings is 1. The molecular weight excluding hydrogens is 524 g/mol. The maximum atomic E-state index is 13.5. The highest BCUT2D eigenvalue weighted by molar-refractivity contribution is 6.02. The highest BCUT2D eigenvalue weighted by Gasteiger charge is 2.24. The minimum Gasteiger partial charge on any atom is -0.379 e. The van der Waals surface area contributed by atoms with Crippen LogP contribution < -0.4 is 15.5 Å². The van der Waals surface area contributed by atoms with E-state index in [1.165, 1.54) is 37.7 Å². The second kappa shape index (κ2) is 17.9.